The van der Waals surface area contributed by atoms with Gasteiger partial charge in [-0.1, -0.05) is 11.6 Å². The van der Waals surface area contributed by atoms with Crippen LogP contribution in [0, 0.1) is 0 Å². The summed E-state index contributed by atoms with van der Waals surface area (Å²) in [4.78, 5) is 25.2. The van der Waals surface area contributed by atoms with Crippen LogP contribution in [0.1, 0.15) is 10.6 Å². The Bertz CT molecular complexity index is 749. The largest absolute Gasteiger partial charge is 0.475 e. The van der Waals surface area contributed by atoms with Crippen molar-refractivity contribution in [2.75, 3.05) is 31.1 Å². The van der Waals surface area contributed by atoms with Crippen LogP contribution in [-0.2, 0) is 0 Å². The van der Waals surface area contributed by atoms with E-state index >= 15 is 0 Å². The standard InChI is InChI=1S/C14H13ClN2O5/c15-12-8-7-11(13(18)19)22-10(8)2-1-9(12)16-3-5-17(6-4-16)14(20)21/h1-2,7H,3-6H2,(H,18,19)(H,20,21). The highest BCUT2D eigenvalue weighted by Gasteiger charge is 2.23. The van der Waals surface area contributed by atoms with Crippen LogP contribution in [0.2, 0.25) is 5.02 Å². The highest BCUT2D eigenvalue weighted by Crippen LogP contribution is 2.35. The molecule has 0 spiro atoms. The van der Waals surface area contributed by atoms with Crippen LogP contribution in [0.4, 0.5) is 10.5 Å². The number of halogens is 1. The number of carboxylic acids is 1. The Morgan fingerprint density at radius 1 is 1.14 bits per heavy atom. The molecule has 0 aliphatic carbocycles. The number of carboxylic acid groups (broad SMARTS) is 2. The summed E-state index contributed by atoms with van der Waals surface area (Å²) in [7, 11) is 0. The molecule has 2 N–H and O–H groups in total. The number of amides is 1. The van der Waals surface area contributed by atoms with Crippen molar-refractivity contribution in [2.45, 2.75) is 0 Å². The normalized spacial score (nSPS) is 15.3. The van der Waals surface area contributed by atoms with E-state index in [2.05, 4.69) is 0 Å². The first-order valence-corrected chi connectivity index (χ1v) is 7.03. The highest BCUT2D eigenvalue weighted by molar-refractivity contribution is 6.38. The van der Waals surface area contributed by atoms with Crippen LogP contribution in [0.5, 0.6) is 0 Å². The van der Waals surface area contributed by atoms with Crippen molar-refractivity contribution in [2.24, 2.45) is 0 Å². The lowest BCUT2D eigenvalue weighted by Gasteiger charge is -2.35. The molecule has 0 bridgehead atoms. The van der Waals surface area contributed by atoms with Crippen LogP contribution in [0.3, 0.4) is 0 Å². The quantitative estimate of drug-likeness (QED) is 0.881. The highest BCUT2D eigenvalue weighted by atomic mass is 35.5. The lowest BCUT2D eigenvalue weighted by atomic mass is 10.2. The molecule has 1 aliphatic heterocycles. The molecule has 2 heterocycles. The maximum absolute atomic E-state index is 11.0. The Labute approximate surface area is 130 Å². The maximum Gasteiger partial charge on any atom is 0.407 e. The Morgan fingerprint density at radius 2 is 1.82 bits per heavy atom. The molecule has 2 aromatic rings. The third-order valence-corrected chi connectivity index (χ3v) is 4.11. The number of furan rings is 1. The van der Waals surface area contributed by atoms with Crippen molar-refractivity contribution >= 4 is 40.3 Å². The fourth-order valence-electron chi connectivity index (χ4n) is 2.55. The molecule has 1 aliphatic rings. The second-order valence-electron chi connectivity index (χ2n) is 4.98. The molecule has 1 aromatic carbocycles. The molecular weight excluding hydrogens is 312 g/mol. The molecule has 116 valence electrons. The Kier molecular flexibility index (Phi) is 3.58. The third-order valence-electron chi connectivity index (χ3n) is 3.72. The first-order chi connectivity index (χ1) is 10.5. The van der Waals surface area contributed by atoms with Gasteiger partial charge in [0.05, 0.1) is 10.7 Å². The molecule has 1 fully saturated rings. The molecule has 3 rings (SSSR count). The molecule has 0 atom stereocenters. The number of rotatable bonds is 2. The van der Waals surface area contributed by atoms with E-state index in [4.69, 9.17) is 26.2 Å². The zero-order valence-electron chi connectivity index (χ0n) is 11.5. The monoisotopic (exact) mass is 324 g/mol. The molecular formula is C14H13ClN2O5. The van der Waals surface area contributed by atoms with Crippen LogP contribution < -0.4 is 4.90 Å². The summed E-state index contributed by atoms with van der Waals surface area (Å²) in [5, 5.41) is 18.9. The van der Waals surface area contributed by atoms with E-state index in [9.17, 15) is 9.59 Å². The molecule has 0 unspecified atom stereocenters. The number of aromatic carboxylic acids is 1. The SMILES string of the molecule is O=C(O)c1cc2c(Cl)c(N3CCN(C(=O)O)CC3)ccc2o1. The number of piperazine rings is 1. The lowest BCUT2D eigenvalue weighted by molar-refractivity contribution is 0.0665. The van der Waals surface area contributed by atoms with Gasteiger partial charge in [-0.2, -0.15) is 0 Å². The average Bonchev–Trinajstić information content (AvgIpc) is 2.93. The Hall–Kier alpha value is -2.41. The molecule has 1 saturated heterocycles. The van der Waals surface area contributed by atoms with Gasteiger partial charge in [0.25, 0.3) is 0 Å². The van der Waals surface area contributed by atoms with E-state index in [1.165, 1.54) is 11.0 Å². The fourth-order valence-corrected chi connectivity index (χ4v) is 2.88. The van der Waals surface area contributed by atoms with E-state index in [0.717, 1.165) is 5.69 Å². The Balaban J connectivity index is 1.90. The van der Waals surface area contributed by atoms with E-state index in [1.807, 2.05) is 4.90 Å². The van der Waals surface area contributed by atoms with E-state index in [1.54, 1.807) is 12.1 Å². The number of hydrogen-bond acceptors (Lipinski definition) is 4. The molecule has 1 aromatic heterocycles. The molecule has 1 amide bonds. The van der Waals surface area contributed by atoms with Crippen molar-refractivity contribution in [3.8, 4) is 0 Å². The molecule has 8 heteroatoms. The zero-order chi connectivity index (χ0) is 15.9. The minimum atomic E-state index is -1.15. The van der Waals surface area contributed by atoms with Crippen LogP contribution in [0.15, 0.2) is 22.6 Å². The van der Waals surface area contributed by atoms with E-state index < -0.39 is 12.1 Å². The second kappa shape index (κ2) is 5.42. The third kappa shape index (κ3) is 2.43. The van der Waals surface area contributed by atoms with Gasteiger partial charge in [-0.3, -0.25) is 0 Å². The number of nitrogens with zero attached hydrogens (tertiary/aromatic N) is 2. The summed E-state index contributed by atoms with van der Waals surface area (Å²) in [5.41, 5.74) is 1.16. The molecule has 0 radical (unpaired) electrons. The Morgan fingerprint density at radius 3 is 2.41 bits per heavy atom. The predicted molar refractivity (Wildman–Crippen MR) is 80.0 cm³/mol. The zero-order valence-corrected chi connectivity index (χ0v) is 12.2. The topological polar surface area (TPSA) is 94.2 Å². The fraction of sp³-hybridized carbons (Fsp3) is 0.286. The average molecular weight is 325 g/mol. The minimum Gasteiger partial charge on any atom is -0.475 e. The summed E-state index contributed by atoms with van der Waals surface area (Å²) < 4.78 is 5.21. The van der Waals surface area contributed by atoms with Crippen molar-refractivity contribution in [1.82, 2.24) is 4.90 Å². The number of anilines is 1. The van der Waals surface area contributed by atoms with Gasteiger partial charge in [0, 0.05) is 37.6 Å². The smallest absolute Gasteiger partial charge is 0.407 e. The summed E-state index contributed by atoms with van der Waals surface area (Å²) in [5.74, 6) is -1.31. The van der Waals surface area contributed by atoms with Gasteiger partial charge in [0.1, 0.15) is 5.58 Å². The number of carbonyl (C=O) groups is 2. The van der Waals surface area contributed by atoms with Crippen molar-refractivity contribution in [3.63, 3.8) is 0 Å². The number of fused-ring (bicyclic) bond motifs is 1. The van der Waals surface area contributed by atoms with Gasteiger partial charge < -0.3 is 24.4 Å². The van der Waals surface area contributed by atoms with Gasteiger partial charge in [0.15, 0.2) is 0 Å². The van der Waals surface area contributed by atoms with Crippen LogP contribution in [0.25, 0.3) is 11.0 Å². The van der Waals surface area contributed by atoms with Crippen LogP contribution >= 0.6 is 11.6 Å². The predicted octanol–water partition coefficient (Wildman–Crippen LogP) is 2.58. The van der Waals surface area contributed by atoms with E-state index in [0.29, 0.717) is 42.2 Å². The first-order valence-electron chi connectivity index (χ1n) is 6.65. The summed E-state index contributed by atoms with van der Waals surface area (Å²) in [6.45, 7) is 1.85. The van der Waals surface area contributed by atoms with Crippen molar-refractivity contribution < 1.29 is 24.2 Å². The van der Waals surface area contributed by atoms with Gasteiger partial charge in [-0.25, -0.2) is 9.59 Å². The minimum absolute atomic E-state index is 0.162. The summed E-state index contributed by atoms with van der Waals surface area (Å²) in [6, 6.07) is 4.83. The number of hydrogen-bond donors (Lipinski definition) is 2. The first kappa shape index (κ1) is 14.5. The van der Waals surface area contributed by atoms with Gasteiger partial charge in [0.2, 0.25) is 5.76 Å². The molecule has 22 heavy (non-hydrogen) atoms. The summed E-state index contributed by atoms with van der Waals surface area (Å²) >= 11 is 6.37. The van der Waals surface area contributed by atoms with Gasteiger partial charge >= 0.3 is 12.1 Å². The van der Waals surface area contributed by atoms with E-state index in [-0.39, 0.29) is 5.76 Å². The van der Waals surface area contributed by atoms with Crippen molar-refractivity contribution in [3.05, 3.63) is 29.0 Å². The molecule has 0 saturated carbocycles. The van der Waals surface area contributed by atoms with Crippen molar-refractivity contribution in [1.29, 1.82) is 0 Å². The second-order valence-corrected chi connectivity index (χ2v) is 5.36. The van der Waals surface area contributed by atoms with Gasteiger partial charge in [-0.15, -0.1) is 0 Å². The van der Waals surface area contributed by atoms with Crippen LogP contribution in [-0.4, -0.2) is 53.4 Å². The lowest BCUT2D eigenvalue weighted by Crippen LogP contribution is -2.48. The summed E-state index contributed by atoms with van der Waals surface area (Å²) in [6.07, 6.45) is -0.929. The number of benzene rings is 1. The maximum atomic E-state index is 11.0. The molecule has 7 nitrogen and oxygen atoms in total. The van der Waals surface area contributed by atoms with Gasteiger partial charge in [-0.05, 0) is 12.1 Å².